The number of carbonyl (C=O) groups is 1. The predicted molar refractivity (Wildman–Crippen MR) is 75.4 cm³/mol. The molecule has 0 radical (unpaired) electrons. The average molecular weight is 252 g/mol. The van der Waals surface area contributed by atoms with Crippen molar-refractivity contribution >= 4 is 17.8 Å². The largest absolute Gasteiger partial charge is 0.279 e. The van der Waals surface area contributed by atoms with Crippen LogP contribution in [0.25, 0.3) is 5.70 Å². The van der Waals surface area contributed by atoms with Crippen LogP contribution < -0.4 is 10.6 Å². The van der Waals surface area contributed by atoms with Crippen LogP contribution in [0.15, 0.2) is 39.8 Å². The van der Waals surface area contributed by atoms with E-state index in [9.17, 15) is 4.79 Å². The first-order valence-electron chi connectivity index (χ1n) is 6.81. The third-order valence-corrected chi connectivity index (χ3v) is 3.57. The van der Waals surface area contributed by atoms with Gasteiger partial charge in [0.1, 0.15) is 0 Å². The highest BCUT2D eigenvalue weighted by Gasteiger charge is 2.22. The SMILES string of the molecule is CCCCCc1cccc2c1=C1N=CC=C1C(=O)N=2. The lowest BCUT2D eigenvalue weighted by Crippen LogP contribution is -2.36. The highest BCUT2D eigenvalue weighted by Crippen LogP contribution is 2.19. The van der Waals surface area contributed by atoms with E-state index >= 15 is 0 Å². The van der Waals surface area contributed by atoms with E-state index in [1.54, 1.807) is 12.3 Å². The smallest absolute Gasteiger partial charge is 0.267 e. The van der Waals surface area contributed by atoms with Gasteiger partial charge in [-0.25, -0.2) is 4.99 Å². The van der Waals surface area contributed by atoms with Gasteiger partial charge in [-0.05, 0) is 30.5 Å². The molecule has 3 nitrogen and oxygen atoms in total. The molecule has 3 heteroatoms. The zero-order chi connectivity index (χ0) is 13.2. The lowest BCUT2D eigenvalue weighted by Gasteiger charge is -2.10. The molecule has 19 heavy (non-hydrogen) atoms. The lowest BCUT2D eigenvalue weighted by atomic mass is 9.99. The predicted octanol–water partition coefficient (Wildman–Crippen LogP) is 1.70. The molecule has 0 fully saturated rings. The summed E-state index contributed by atoms with van der Waals surface area (Å²) in [6.45, 7) is 2.20. The summed E-state index contributed by atoms with van der Waals surface area (Å²) in [6.07, 6.45) is 8.06. The third-order valence-electron chi connectivity index (χ3n) is 3.57. The van der Waals surface area contributed by atoms with Crippen LogP contribution in [0.3, 0.4) is 0 Å². The molecule has 1 amide bonds. The van der Waals surface area contributed by atoms with Gasteiger partial charge in [-0.15, -0.1) is 0 Å². The highest BCUT2D eigenvalue weighted by atomic mass is 16.1. The van der Waals surface area contributed by atoms with Gasteiger partial charge in [0.05, 0.1) is 16.6 Å². The summed E-state index contributed by atoms with van der Waals surface area (Å²) in [4.78, 5) is 20.4. The first-order valence-corrected chi connectivity index (χ1v) is 6.81. The Labute approximate surface area is 112 Å². The van der Waals surface area contributed by atoms with Gasteiger partial charge >= 0.3 is 0 Å². The molecule has 1 aromatic rings. The monoisotopic (exact) mass is 252 g/mol. The van der Waals surface area contributed by atoms with Crippen LogP contribution in [0.2, 0.25) is 0 Å². The quantitative estimate of drug-likeness (QED) is 0.752. The number of hydrogen-bond acceptors (Lipinski definition) is 2. The van der Waals surface area contributed by atoms with Gasteiger partial charge in [-0.2, -0.15) is 0 Å². The van der Waals surface area contributed by atoms with Crippen molar-refractivity contribution in [3.05, 3.63) is 46.0 Å². The molecule has 0 aromatic heterocycles. The molecule has 0 aliphatic carbocycles. The molecule has 96 valence electrons. The maximum absolute atomic E-state index is 11.9. The number of rotatable bonds is 4. The number of nitrogens with zero attached hydrogens (tertiary/aromatic N) is 2. The maximum Gasteiger partial charge on any atom is 0.279 e. The maximum atomic E-state index is 11.9. The minimum absolute atomic E-state index is 0.175. The summed E-state index contributed by atoms with van der Waals surface area (Å²) in [6, 6.07) is 6.00. The average Bonchev–Trinajstić information content (AvgIpc) is 2.89. The Morgan fingerprint density at radius 3 is 2.95 bits per heavy atom. The summed E-state index contributed by atoms with van der Waals surface area (Å²) in [5, 5.41) is 1.82. The second-order valence-electron chi connectivity index (χ2n) is 4.89. The number of fused-ring (bicyclic) bond motifs is 2. The standard InChI is InChI=1S/C16H16N2O/c1-2-3-4-6-11-7-5-8-13-14(11)15-12(9-10-17-15)16(19)18-13/h5,7-10H,2-4,6H2,1H3. The number of hydrogen-bond donors (Lipinski definition) is 0. The Kier molecular flexibility index (Phi) is 3.11. The second-order valence-corrected chi connectivity index (χ2v) is 4.89. The van der Waals surface area contributed by atoms with Gasteiger partial charge in [0, 0.05) is 11.4 Å². The Morgan fingerprint density at radius 1 is 1.21 bits per heavy atom. The molecule has 0 bridgehead atoms. The molecular formula is C16H16N2O. The van der Waals surface area contributed by atoms with Gasteiger partial charge in [-0.1, -0.05) is 31.9 Å². The van der Waals surface area contributed by atoms with Gasteiger partial charge in [0.15, 0.2) is 0 Å². The van der Waals surface area contributed by atoms with Gasteiger partial charge < -0.3 is 0 Å². The van der Waals surface area contributed by atoms with Gasteiger partial charge in [-0.3, -0.25) is 9.79 Å². The molecule has 0 spiro atoms. The molecule has 0 saturated heterocycles. The fourth-order valence-electron chi connectivity index (χ4n) is 2.60. The molecule has 2 heterocycles. The Bertz CT molecular complexity index is 711. The summed E-state index contributed by atoms with van der Waals surface area (Å²) in [5.41, 5.74) is 2.69. The van der Waals surface area contributed by atoms with Crippen molar-refractivity contribution in [3.8, 4) is 0 Å². The van der Waals surface area contributed by atoms with E-state index in [0.29, 0.717) is 5.57 Å². The number of aryl methyl sites for hydroxylation is 1. The lowest BCUT2D eigenvalue weighted by molar-refractivity contribution is -0.114. The van der Waals surface area contributed by atoms with Crippen LogP contribution in [0.5, 0.6) is 0 Å². The molecule has 1 aromatic carbocycles. The summed E-state index contributed by atoms with van der Waals surface area (Å²) in [7, 11) is 0. The van der Waals surface area contributed by atoms with E-state index in [-0.39, 0.29) is 5.91 Å². The van der Waals surface area contributed by atoms with Crippen LogP contribution in [0.1, 0.15) is 31.7 Å². The van der Waals surface area contributed by atoms with Crippen molar-refractivity contribution in [3.63, 3.8) is 0 Å². The van der Waals surface area contributed by atoms with E-state index in [1.165, 1.54) is 18.4 Å². The van der Waals surface area contributed by atoms with Crippen molar-refractivity contribution in [2.75, 3.05) is 0 Å². The van der Waals surface area contributed by atoms with Crippen molar-refractivity contribution in [2.24, 2.45) is 9.98 Å². The molecule has 2 aliphatic heterocycles. The Balaban J connectivity index is 2.16. The van der Waals surface area contributed by atoms with E-state index in [4.69, 9.17) is 0 Å². The van der Waals surface area contributed by atoms with Crippen LogP contribution in [0, 0.1) is 0 Å². The minimum atomic E-state index is -0.175. The summed E-state index contributed by atoms with van der Waals surface area (Å²) >= 11 is 0. The number of amides is 1. The zero-order valence-corrected chi connectivity index (χ0v) is 11.0. The highest BCUT2D eigenvalue weighted by molar-refractivity contribution is 6.13. The van der Waals surface area contributed by atoms with E-state index in [0.717, 1.165) is 29.1 Å². The second kappa shape index (κ2) is 4.92. The molecule has 0 atom stereocenters. The van der Waals surface area contributed by atoms with Crippen molar-refractivity contribution in [1.82, 2.24) is 0 Å². The number of aliphatic imine (C=N–C) groups is 1. The Hall–Kier alpha value is -2.03. The van der Waals surface area contributed by atoms with E-state index < -0.39 is 0 Å². The minimum Gasteiger partial charge on any atom is -0.267 e. The van der Waals surface area contributed by atoms with Gasteiger partial charge in [0.2, 0.25) is 0 Å². The summed E-state index contributed by atoms with van der Waals surface area (Å²) < 4.78 is 0. The fraction of sp³-hybridized carbons (Fsp3) is 0.312. The van der Waals surface area contributed by atoms with Gasteiger partial charge in [0.25, 0.3) is 5.91 Å². The molecule has 0 saturated carbocycles. The normalized spacial score (nSPS) is 15.9. The molecule has 0 N–H and O–H groups in total. The first-order chi connectivity index (χ1) is 9.31. The van der Waals surface area contributed by atoms with Crippen molar-refractivity contribution in [1.29, 1.82) is 0 Å². The molecule has 0 unspecified atom stereocenters. The fourth-order valence-corrected chi connectivity index (χ4v) is 2.60. The van der Waals surface area contributed by atoms with Crippen LogP contribution in [0.4, 0.5) is 0 Å². The molecule has 3 rings (SSSR count). The Morgan fingerprint density at radius 2 is 2.11 bits per heavy atom. The third kappa shape index (κ3) is 2.05. The number of unbranched alkanes of at least 4 members (excludes halogenated alkanes) is 2. The molecular weight excluding hydrogens is 236 g/mol. The van der Waals surface area contributed by atoms with Crippen LogP contribution in [-0.2, 0) is 11.2 Å². The van der Waals surface area contributed by atoms with Crippen LogP contribution in [-0.4, -0.2) is 12.1 Å². The number of benzene rings is 1. The first kappa shape index (κ1) is 12.0. The zero-order valence-electron chi connectivity index (χ0n) is 11.0. The topological polar surface area (TPSA) is 41.8 Å². The number of allylic oxidation sites excluding steroid dienone is 1. The number of carbonyl (C=O) groups excluding carboxylic acids is 1. The van der Waals surface area contributed by atoms with Crippen LogP contribution >= 0.6 is 0 Å². The summed E-state index contributed by atoms with van der Waals surface area (Å²) in [5.74, 6) is -0.175. The van der Waals surface area contributed by atoms with Crippen molar-refractivity contribution < 1.29 is 4.79 Å². The van der Waals surface area contributed by atoms with E-state index in [2.05, 4.69) is 23.0 Å². The molecule has 2 aliphatic rings. The van der Waals surface area contributed by atoms with Crippen molar-refractivity contribution in [2.45, 2.75) is 32.6 Å². The van der Waals surface area contributed by atoms with E-state index in [1.807, 2.05) is 12.1 Å².